The first-order chi connectivity index (χ1) is 9.79. The second-order valence-electron chi connectivity index (χ2n) is 4.49. The lowest BCUT2D eigenvalue weighted by Gasteiger charge is -2.09. The molecule has 0 aliphatic rings. The maximum Gasteiger partial charge on any atom is 0.140 e. The van der Waals surface area contributed by atoms with Crippen LogP contribution in [0.5, 0.6) is 11.5 Å². The Balaban J connectivity index is 1.67. The van der Waals surface area contributed by atoms with Crippen molar-refractivity contribution in [3.8, 4) is 11.5 Å². The third-order valence-corrected chi connectivity index (χ3v) is 2.93. The zero-order valence-electron chi connectivity index (χ0n) is 11.7. The molecule has 0 atom stereocenters. The molecule has 0 amide bonds. The normalized spacial score (nSPS) is 10.3. The molecule has 1 heterocycles. The first-order valence-corrected chi connectivity index (χ1v) is 6.76. The number of aromatic nitrogens is 1. The van der Waals surface area contributed by atoms with Crippen LogP contribution in [-0.2, 0) is 6.54 Å². The van der Waals surface area contributed by atoms with Crippen molar-refractivity contribution in [1.82, 2.24) is 4.98 Å². The second kappa shape index (κ2) is 7.50. The minimum Gasteiger partial charge on any atom is -0.493 e. The molecule has 2 aromatic rings. The molecular weight excluding hydrogens is 252 g/mol. The fourth-order valence-corrected chi connectivity index (χ4v) is 1.77. The summed E-state index contributed by atoms with van der Waals surface area (Å²) in [4.78, 5) is 4.18. The van der Waals surface area contributed by atoms with Gasteiger partial charge in [0.05, 0.1) is 18.9 Å². The van der Waals surface area contributed by atoms with E-state index in [0.717, 1.165) is 29.2 Å². The van der Waals surface area contributed by atoms with E-state index in [2.05, 4.69) is 4.98 Å². The predicted octanol–water partition coefficient (Wildman–Crippen LogP) is 2.70. The van der Waals surface area contributed by atoms with Gasteiger partial charge in [-0.05, 0) is 36.8 Å². The van der Waals surface area contributed by atoms with Crippen molar-refractivity contribution in [1.29, 1.82) is 0 Å². The molecule has 0 spiro atoms. The molecule has 0 bridgehead atoms. The minimum absolute atomic E-state index is 0.554. The molecule has 0 aliphatic heterocycles. The van der Waals surface area contributed by atoms with Gasteiger partial charge in [0.1, 0.15) is 11.5 Å². The maximum absolute atomic E-state index is 5.65. The van der Waals surface area contributed by atoms with Gasteiger partial charge in [0.2, 0.25) is 0 Å². The van der Waals surface area contributed by atoms with Crippen molar-refractivity contribution in [2.24, 2.45) is 5.73 Å². The Morgan fingerprint density at radius 1 is 1.05 bits per heavy atom. The molecule has 0 saturated heterocycles. The van der Waals surface area contributed by atoms with Crippen LogP contribution in [0.25, 0.3) is 0 Å². The first kappa shape index (κ1) is 14.3. The summed E-state index contributed by atoms with van der Waals surface area (Å²) in [7, 11) is 0. The predicted molar refractivity (Wildman–Crippen MR) is 78.9 cm³/mol. The zero-order valence-corrected chi connectivity index (χ0v) is 11.7. The van der Waals surface area contributed by atoms with Gasteiger partial charge >= 0.3 is 0 Å². The van der Waals surface area contributed by atoms with Gasteiger partial charge in [-0.15, -0.1) is 0 Å². The summed E-state index contributed by atoms with van der Waals surface area (Å²) in [5, 5.41) is 0. The average Bonchev–Trinajstić information content (AvgIpc) is 2.49. The van der Waals surface area contributed by atoms with Gasteiger partial charge in [-0.1, -0.05) is 12.1 Å². The van der Waals surface area contributed by atoms with E-state index in [4.69, 9.17) is 15.2 Å². The number of benzene rings is 1. The summed E-state index contributed by atoms with van der Waals surface area (Å²) in [5.74, 6) is 1.69. The number of hydrogen-bond acceptors (Lipinski definition) is 4. The number of hydrogen-bond donors (Lipinski definition) is 1. The molecule has 4 heteroatoms. The number of pyridine rings is 1. The first-order valence-electron chi connectivity index (χ1n) is 6.76. The Morgan fingerprint density at radius 2 is 1.80 bits per heavy atom. The Hall–Kier alpha value is -2.07. The molecule has 0 saturated carbocycles. The van der Waals surface area contributed by atoms with Gasteiger partial charge in [-0.25, -0.2) is 0 Å². The lowest BCUT2D eigenvalue weighted by molar-refractivity contribution is 0.246. The van der Waals surface area contributed by atoms with E-state index in [0.29, 0.717) is 19.8 Å². The molecule has 2 rings (SSSR count). The van der Waals surface area contributed by atoms with E-state index in [-0.39, 0.29) is 0 Å². The highest BCUT2D eigenvalue weighted by molar-refractivity contribution is 5.27. The fraction of sp³-hybridized carbons (Fsp3) is 0.312. The number of ether oxygens (including phenoxy) is 2. The summed E-state index contributed by atoms with van der Waals surface area (Å²) >= 11 is 0. The molecule has 4 nitrogen and oxygen atoms in total. The van der Waals surface area contributed by atoms with Crippen LogP contribution in [0, 0.1) is 6.92 Å². The van der Waals surface area contributed by atoms with Crippen LogP contribution in [0.1, 0.15) is 17.7 Å². The van der Waals surface area contributed by atoms with Gasteiger partial charge in [0.25, 0.3) is 0 Å². The number of rotatable bonds is 7. The molecule has 2 N–H and O–H groups in total. The van der Waals surface area contributed by atoms with E-state index in [1.54, 1.807) is 6.20 Å². The molecule has 0 fully saturated rings. The Morgan fingerprint density at radius 3 is 2.50 bits per heavy atom. The molecular formula is C16H20N2O2. The van der Waals surface area contributed by atoms with Crippen LogP contribution in [0.4, 0.5) is 0 Å². The standard InChI is InChI=1S/C16H20N2O2/c1-13-16(4-2-9-18-13)20-11-3-10-19-15-7-5-14(12-17)6-8-15/h2,4-9H,3,10-12,17H2,1H3. The summed E-state index contributed by atoms with van der Waals surface area (Å²) in [6.07, 6.45) is 2.59. The third kappa shape index (κ3) is 4.24. The van der Waals surface area contributed by atoms with Crippen LogP contribution < -0.4 is 15.2 Å². The van der Waals surface area contributed by atoms with Crippen LogP contribution in [-0.4, -0.2) is 18.2 Å². The minimum atomic E-state index is 0.554. The van der Waals surface area contributed by atoms with Gasteiger partial charge in [0, 0.05) is 19.2 Å². The number of nitrogens with two attached hydrogens (primary N) is 1. The highest BCUT2D eigenvalue weighted by Crippen LogP contribution is 2.14. The van der Waals surface area contributed by atoms with Crippen LogP contribution >= 0.6 is 0 Å². The SMILES string of the molecule is Cc1ncccc1OCCCOc1ccc(CN)cc1. The second-order valence-corrected chi connectivity index (χ2v) is 4.49. The van der Waals surface area contributed by atoms with Crippen molar-refractivity contribution < 1.29 is 9.47 Å². The summed E-state index contributed by atoms with van der Waals surface area (Å²) < 4.78 is 11.3. The lowest BCUT2D eigenvalue weighted by Crippen LogP contribution is -2.06. The maximum atomic E-state index is 5.65. The van der Waals surface area contributed by atoms with Crippen LogP contribution in [0.3, 0.4) is 0 Å². The van der Waals surface area contributed by atoms with E-state index in [9.17, 15) is 0 Å². The summed E-state index contributed by atoms with van der Waals surface area (Å²) in [6, 6.07) is 11.6. The van der Waals surface area contributed by atoms with Crippen molar-refractivity contribution in [3.05, 3.63) is 53.9 Å². The molecule has 0 radical (unpaired) electrons. The topological polar surface area (TPSA) is 57.4 Å². The van der Waals surface area contributed by atoms with E-state index in [1.807, 2.05) is 43.3 Å². The van der Waals surface area contributed by atoms with E-state index >= 15 is 0 Å². The smallest absolute Gasteiger partial charge is 0.140 e. The van der Waals surface area contributed by atoms with Crippen molar-refractivity contribution in [3.63, 3.8) is 0 Å². The molecule has 1 aromatic heterocycles. The zero-order chi connectivity index (χ0) is 14.2. The summed E-state index contributed by atoms with van der Waals surface area (Å²) in [5.41, 5.74) is 7.56. The van der Waals surface area contributed by atoms with Gasteiger partial charge in [0.15, 0.2) is 0 Å². The molecule has 0 aliphatic carbocycles. The third-order valence-electron chi connectivity index (χ3n) is 2.93. The Bertz CT molecular complexity index is 526. The highest BCUT2D eigenvalue weighted by Gasteiger charge is 1.99. The van der Waals surface area contributed by atoms with Gasteiger partial charge in [-0.2, -0.15) is 0 Å². The van der Waals surface area contributed by atoms with Crippen LogP contribution in [0.15, 0.2) is 42.6 Å². The fourth-order valence-electron chi connectivity index (χ4n) is 1.77. The van der Waals surface area contributed by atoms with Crippen molar-refractivity contribution in [2.45, 2.75) is 19.9 Å². The average molecular weight is 272 g/mol. The largest absolute Gasteiger partial charge is 0.493 e. The van der Waals surface area contributed by atoms with Crippen molar-refractivity contribution >= 4 is 0 Å². The van der Waals surface area contributed by atoms with Crippen molar-refractivity contribution in [2.75, 3.05) is 13.2 Å². The van der Waals surface area contributed by atoms with Gasteiger partial charge in [-0.3, -0.25) is 4.98 Å². The molecule has 106 valence electrons. The van der Waals surface area contributed by atoms with E-state index in [1.165, 1.54) is 0 Å². The summed E-state index contributed by atoms with van der Waals surface area (Å²) in [6.45, 7) is 3.73. The molecule has 1 aromatic carbocycles. The van der Waals surface area contributed by atoms with Crippen LogP contribution in [0.2, 0.25) is 0 Å². The highest BCUT2D eigenvalue weighted by atomic mass is 16.5. The monoisotopic (exact) mass is 272 g/mol. The van der Waals surface area contributed by atoms with E-state index < -0.39 is 0 Å². The quantitative estimate of drug-likeness (QED) is 0.787. The number of nitrogens with zero attached hydrogens (tertiary/aromatic N) is 1. The Kier molecular flexibility index (Phi) is 5.38. The van der Waals surface area contributed by atoms with Gasteiger partial charge < -0.3 is 15.2 Å². The molecule has 0 unspecified atom stereocenters. The molecule has 20 heavy (non-hydrogen) atoms. The lowest BCUT2D eigenvalue weighted by atomic mass is 10.2. The number of aryl methyl sites for hydroxylation is 1. The Labute approximate surface area is 119 Å².